The first-order valence-electron chi connectivity index (χ1n) is 6.07. The summed E-state index contributed by atoms with van der Waals surface area (Å²) in [6.07, 6.45) is 3.14. The molecular formula is C11H16BrClN2O2S2. The topological polar surface area (TPSA) is 49.4 Å². The van der Waals surface area contributed by atoms with E-state index in [2.05, 4.69) is 20.8 Å². The highest BCUT2D eigenvalue weighted by Gasteiger charge is 2.30. The van der Waals surface area contributed by atoms with Crippen LogP contribution >= 0.6 is 38.9 Å². The van der Waals surface area contributed by atoms with Gasteiger partial charge in [-0.1, -0.05) is 18.0 Å². The van der Waals surface area contributed by atoms with Crippen molar-refractivity contribution in [2.45, 2.75) is 49.4 Å². The molecule has 1 N–H and O–H groups in total. The van der Waals surface area contributed by atoms with Gasteiger partial charge < -0.3 is 0 Å². The molecule has 2 rings (SSSR count). The van der Waals surface area contributed by atoms with Gasteiger partial charge in [-0.05, 0) is 48.7 Å². The Labute approximate surface area is 131 Å². The fraction of sp³-hybridized carbons (Fsp3) is 0.636. The number of piperidine rings is 1. The molecule has 0 amide bonds. The van der Waals surface area contributed by atoms with Crippen LogP contribution in [0, 0.1) is 0 Å². The molecule has 1 saturated heterocycles. The summed E-state index contributed by atoms with van der Waals surface area (Å²) in [4.78, 5) is 2.69. The van der Waals surface area contributed by atoms with Crippen LogP contribution in [0.15, 0.2) is 14.1 Å². The van der Waals surface area contributed by atoms with Crippen LogP contribution < -0.4 is 4.83 Å². The fourth-order valence-corrected chi connectivity index (χ4v) is 5.87. The van der Waals surface area contributed by atoms with Crippen molar-refractivity contribution in [1.82, 2.24) is 9.84 Å². The van der Waals surface area contributed by atoms with Crippen molar-refractivity contribution in [2.75, 3.05) is 0 Å². The molecule has 0 radical (unpaired) electrons. The SMILES string of the molecule is CC1CCCC(C)N1NS(=O)(=O)c1cc(Cl)c(Br)s1. The zero-order valence-electron chi connectivity index (χ0n) is 10.7. The molecule has 4 nitrogen and oxygen atoms in total. The molecule has 1 aliphatic rings. The molecule has 2 atom stereocenters. The van der Waals surface area contributed by atoms with Gasteiger partial charge in [-0.2, -0.15) is 0 Å². The molecular weight excluding hydrogens is 372 g/mol. The van der Waals surface area contributed by atoms with Gasteiger partial charge in [-0.15, -0.1) is 16.2 Å². The third kappa shape index (κ3) is 3.51. The average Bonchev–Trinajstić information content (AvgIpc) is 2.66. The first-order valence-corrected chi connectivity index (χ1v) is 9.54. The van der Waals surface area contributed by atoms with E-state index in [1.165, 1.54) is 6.07 Å². The molecule has 2 heterocycles. The Morgan fingerprint density at radius 3 is 2.47 bits per heavy atom. The minimum atomic E-state index is -3.55. The first kappa shape index (κ1) is 15.7. The summed E-state index contributed by atoms with van der Waals surface area (Å²) in [6.45, 7) is 4.07. The van der Waals surface area contributed by atoms with Crippen molar-refractivity contribution < 1.29 is 8.42 Å². The van der Waals surface area contributed by atoms with Gasteiger partial charge in [0.15, 0.2) is 0 Å². The second kappa shape index (κ2) is 5.99. The molecule has 0 bridgehead atoms. The molecule has 0 aliphatic carbocycles. The van der Waals surface area contributed by atoms with Crippen molar-refractivity contribution in [3.8, 4) is 0 Å². The largest absolute Gasteiger partial charge is 0.263 e. The predicted molar refractivity (Wildman–Crippen MR) is 82.0 cm³/mol. The monoisotopic (exact) mass is 386 g/mol. The number of hydrazine groups is 1. The summed E-state index contributed by atoms with van der Waals surface area (Å²) in [6, 6.07) is 1.88. The Balaban J connectivity index is 2.21. The van der Waals surface area contributed by atoms with Crippen LogP contribution in [0.1, 0.15) is 33.1 Å². The maximum Gasteiger partial charge on any atom is 0.263 e. The molecule has 8 heteroatoms. The highest BCUT2D eigenvalue weighted by molar-refractivity contribution is 9.11. The smallest absolute Gasteiger partial charge is 0.225 e. The van der Waals surface area contributed by atoms with Crippen LogP contribution in [0.2, 0.25) is 5.02 Å². The van der Waals surface area contributed by atoms with Gasteiger partial charge in [0.25, 0.3) is 10.0 Å². The van der Waals surface area contributed by atoms with Crippen molar-refractivity contribution in [3.63, 3.8) is 0 Å². The van der Waals surface area contributed by atoms with Crippen LogP contribution in [0.5, 0.6) is 0 Å². The summed E-state index contributed by atoms with van der Waals surface area (Å²) in [5.74, 6) is 0. The van der Waals surface area contributed by atoms with Gasteiger partial charge in [0, 0.05) is 12.1 Å². The second-order valence-corrected chi connectivity index (χ2v) is 9.48. The summed E-state index contributed by atoms with van der Waals surface area (Å²) in [5.41, 5.74) is 0. The van der Waals surface area contributed by atoms with Gasteiger partial charge in [-0.3, -0.25) is 0 Å². The van der Waals surface area contributed by atoms with E-state index in [9.17, 15) is 8.42 Å². The van der Waals surface area contributed by atoms with E-state index in [0.29, 0.717) is 8.81 Å². The molecule has 2 unspecified atom stereocenters. The Morgan fingerprint density at radius 1 is 1.42 bits per heavy atom. The Bertz CT molecular complexity index is 532. The van der Waals surface area contributed by atoms with Crippen molar-refractivity contribution >= 4 is 48.9 Å². The van der Waals surface area contributed by atoms with Crippen molar-refractivity contribution in [1.29, 1.82) is 0 Å². The number of nitrogens with one attached hydrogen (secondary N) is 1. The molecule has 1 aliphatic heterocycles. The summed E-state index contributed by atoms with van der Waals surface area (Å²) in [7, 11) is -3.55. The van der Waals surface area contributed by atoms with Gasteiger partial charge in [0.2, 0.25) is 0 Å². The van der Waals surface area contributed by atoms with E-state index >= 15 is 0 Å². The molecule has 1 aromatic heterocycles. The Hall–Kier alpha value is 0.340. The quantitative estimate of drug-likeness (QED) is 0.861. The van der Waals surface area contributed by atoms with E-state index in [1.807, 2.05) is 18.9 Å². The van der Waals surface area contributed by atoms with Crippen molar-refractivity contribution in [3.05, 3.63) is 14.9 Å². The third-order valence-electron chi connectivity index (χ3n) is 3.31. The molecule has 108 valence electrons. The van der Waals surface area contributed by atoms with Crippen LogP contribution in [0.25, 0.3) is 0 Å². The van der Waals surface area contributed by atoms with E-state index in [1.54, 1.807) is 0 Å². The Kier molecular flexibility index (Phi) is 4.96. The second-order valence-electron chi connectivity index (χ2n) is 4.82. The molecule has 1 fully saturated rings. The summed E-state index contributed by atoms with van der Waals surface area (Å²) in [5, 5.41) is 2.26. The molecule has 1 aromatic rings. The number of nitrogens with zero attached hydrogens (tertiary/aromatic N) is 1. The van der Waals surface area contributed by atoms with Gasteiger partial charge in [0.1, 0.15) is 4.21 Å². The number of thiophene rings is 1. The Morgan fingerprint density at radius 2 is 2.00 bits per heavy atom. The minimum absolute atomic E-state index is 0.206. The van der Waals surface area contributed by atoms with Gasteiger partial charge >= 0.3 is 0 Å². The minimum Gasteiger partial charge on any atom is -0.225 e. The zero-order chi connectivity index (χ0) is 14.2. The normalized spacial score (nSPS) is 25.7. The maximum atomic E-state index is 12.3. The zero-order valence-corrected chi connectivity index (χ0v) is 14.7. The lowest BCUT2D eigenvalue weighted by molar-refractivity contribution is 0.0791. The number of hydrogen-bond acceptors (Lipinski definition) is 4. The first-order chi connectivity index (χ1) is 8.81. The van der Waals surface area contributed by atoms with Crippen molar-refractivity contribution in [2.24, 2.45) is 0 Å². The van der Waals surface area contributed by atoms with Crippen LogP contribution in [0.3, 0.4) is 0 Å². The number of rotatable bonds is 3. The summed E-state index contributed by atoms with van der Waals surface area (Å²) < 4.78 is 25.5. The van der Waals surface area contributed by atoms with E-state index in [4.69, 9.17) is 11.6 Å². The van der Waals surface area contributed by atoms with Crippen LogP contribution in [-0.4, -0.2) is 25.5 Å². The highest BCUT2D eigenvalue weighted by atomic mass is 79.9. The predicted octanol–water partition coefficient (Wildman–Crippen LogP) is 3.62. The lowest BCUT2D eigenvalue weighted by Crippen LogP contribution is -2.53. The highest BCUT2D eigenvalue weighted by Crippen LogP contribution is 2.35. The van der Waals surface area contributed by atoms with Gasteiger partial charge in [0.05, 0.1) is 8.81 Å². The molecule has 0 aromatic carbocycles. The standard InChI is InChI=1S/C11H16BrClN2O2S2/c1-7-4-3-5-8(2)15(7)14-19(16,17)10-6-9(13)11(12)18-10/h6-8,14H,3-5H2,1-2H3. The maximum absolute atomic E-state index is 12.3. The van der Waals surface area contributed by atoms with E-state index < -0.39 is 10.0 Å². The van der Waals surface area contributed by atoms with Crippen LogP contribution in [0.4, 0.5) is 0 Å². The average molecular weight is 388 g/mol. The van der Waals surface area contributed by atoms with E-state index in [-0.39, 0.29) is 16.3 Å². The lowest BCUT2D eigenvalue weighted by Gasteiger charge is -2.38. The third-order valence-corrected chi connectivity index (χ3v) is 7.58. The number of halogens is 2. The molecule has 0 spiro atoms. The molecule has 19 heavy (non-hydrogen) atoms. The van der Waals surface area contributed by atoms with Gasteiger partial charge in [-0.25, -0.2) is 13.4 Å². The van der Waals surface area contributed by atoms with Crippen LogP contribution in [-0.2, 0) is 10.0 Å². The molecule has 0 saturated carbocycles. The number of sulfonamides is 1. The number of hydrogen-bond donors (Lipinski definition) is 1. The summed E-state index contributed by atoms with van der Waals surface area (Å²) >= 11 is 10.3. The van der Waals surface area contributed by atoms with E-state index in [0.717, 1.165) is 30.6 Å². The lowest BCUT2D eigenvalue weighted by atomic mass is 10.0. The fourth-order valence-electron chi connectivity index (χ4n) is 2.24.